The third kappa shape index (κ3) is 2.53. The molecule has 0 radical (unpaired) electrons. The van der Waals surface area contributed by atoms with Gasteiger partial charge in [0.25, 0.3) is 0 Å². The second-order valence-electron chi connectivity index (χ2n) is 5.07. The van der Waals surface area contributed by atoms with E-state index in [1.807, 2.05) is 24.3 Å². The molecule has 5 heteroatoms. The number of hydrogen-bond acceptors (Lipinski definition) is 3. The van der Waals surface area contributed by atoms with Crippen LogP contribution < -0.4 is 0 Å². The molecule has 0 amide bonds. The molecule has 112 valence electrons. The highest BCUT2D eigenvalue weighted by Crippen LogP contribution is 2.31. The quantitative estimate of drug-likeness (QED) is 0.604. The number of benzene rings is 1. The van der Waals surface area contributed by atoms with Crippen LogP contribution in [0, 0.1) is 5.82 Å². The van der Waals surface area contributed by atoms with Crippen molar-refractivity contribution in [3.63, 3.8) is 0 Å². The van der Waals surface area contributed by atoms with Gasteiger partial charge >= 0.3 is 0 Å². The van der Waals surface area contributed by atoms with Crippen LogP contribution in [0.2, 0.25) is 0 Å². The molecule has 0 atom stereocenters. The van der Waals surface area contributed by atoms with Crippen molar-refractivity contribution in [2.75, 3.05) is 0 Å². The Labute approximate surface area is 131 Å². The number of rotatable bonds is 3. The first-order valence-corrected chi connectivity index (χ1v) is 7.11. The molecule has 1 aromatic carbocycles. The number of hydrogen-bond donors (Lipinski definition) is 1. The van der Waals surface area contributed by atoms with Gasteiger partial charge in [-0.15, -0.1) is 0 Å². The van der Waals surface area contributed by atoms with E-state index in [-0.39, 0.29) is 5.82 Å². The van der Waals surface area contributed by atoms with E-state index in [1.165, 1.54) is 12.1 Å². The van der Waals surface area contributed by atoms with Crippen LogP contribution >= 0.6 is 0 Å². The molecule has 4 rings (SSSR count). The van der Waals surface area contributed by atoms with E-state index in [0.717, 1.165) is 33.8 Å². The zero-order chi connectivity index (χ0) is 15.6. The number of H-pyrrole nitrogens is 1. The first-order valence-electron chi connectivity index (χ1n) is 7.11. The molecule has 0 unspecified atom stereocenters. The lowest BCUT2D eigenvalue weighted by Crippen LogP contribution is -1.87. The molecule has 1 N–H and O–H groups in total. The molecule has 0 aliphatic heterocycles. The smallest absolute Gasteiger partial charge is 0.137 e. The average Bonchev–Trinajstić information content (AvgIpc) is 3.27. The molecule has 0 aliphatic carbocycles. The Morgan fingerprint density at radius 2 is 1.87 bits per heavy atom. The third-order valence-corrected chi connectivity index (χ3v) is 3.61. The number of nitrogens with one attached hydrogen (secondary N) is 1. The maximum atomic E-state index is 13.1. The minimum atomic E-state index is -0.265. The molecule has 3 heterocycles. The molecule has 4 aromatic rings. The monoisotopic (exact) mass is 305 g/mol. The molecular formula is C18H12FN3O. The van der Waals surface area contributed by atoms with Gasteiger partial charge in [-0.25, -0.2) is 4.39 Å². The normalized spacial score (nSPS) is 10.8. The molecule has 3 aromatic heterocycles. The van der Waals surface area contributed by atoms with Crippen LogP contribution in [-0.2, 0) is 0 Å². The number of aromatic amines is 1. The van der Waals surface area contributed by atoms with Crippen LogP contribution in [0.1, 0.15) is 0 Å². The standard InChI is InChI=1S/C18H12FN3O/c19-14-5-3-12(4-6-14)16-10-13(7-8-20-16)18-15(11-21-22-18)17-2-1-9-23-17/h1-11H,(H,21,22). The van der Waals surface area contributed by atoms with Crippen molar-refractivity contribution >= 4 is 0 Å². The fourth-order valence-corrected chi connectivity index (χ4v) is 2.49. The second-order valence-corrected chi connectivity index (χ2v) is 5.07. The maximum Gasteiger partial charge on any atom is 0.137 e. The van der Waals surface area contributed by atoms with Gasteiger partial charge in [0, 0.05) is 17.3 Å². The predicted molar refractivity (Wildman–Crippen MR) is 84.9 cm³/mol. The minimum absolute atomic E-state index is 0.265. The number of aromatic nitrogens is 3. The molecule has 0 saturated carbocycles. The first kappa shape index (κ1) is 13.5. The van der Waals surface area contributed by atoms with Gasteiger partial charge in [0.05, 0.1) is 29.4 Å². The molecule has 0 saturated heterocycles. The topological polar surface area (TPSA) is 54.7 Å². The van der Waals surface area contributed by atoms with Gasteiger partial charge in [0.2, 0.25) is 0 Å². The van der Waals surface area contributed by atoms with Gasteiger partial charge in [-0.05, 0) is 48.5 Å². The van der Waals surface area contributed by atoms with Crippen molar-refractivity contribution in [1.29, 1.82) is 0 Å². The van der Waals surface area contributed by atoms with Gasteiger partial charge in [-0.3, -0.25) is 10.1 Å². The van der Waals surface area contributed by atoms with Crippen molar-refractivity contribution in [3.8, 4) is 33.8 Å². The van der Waals surface area contributed by atoms with Crippen molar-refractivity contribution < 1.29 is 8.81 Å². The van der Waals surface area contributed by atoms with E-state index >= 15 is 0 Å². The SMILES string of the molecule is Fc1ccc(-c2cc(-c3[nH]ncc3-c3ccco3)ccn2)cc1. The third-order valence-electron chi connectivity index (χ3n) is 3.61. The van der Waals surface area contributed by atoms with Crippen LogP contribution in [0.3, 0.4) is 0 Å². The highest BCUT2D eigenvalue weighted by atomic mass is 19.1. The highest BCUT2D eigenvalue weighted by Gasteiger charge is 2.13. The first-order chi connectivity index (χ1) is 11.3. The molecular weight excluding hydrogens is 293 g/mol. The molecule has 0 fully saturated rings. The van der Waals surface area contributed by atoms with Gasteiger partial charge in [-0.1, -0.05) is 0 Å². The predicted octanol–water partition coefficient (Wildman–Crippen LogP) is 4.54. The second kappa shape index (κ2) is 5.53. The van der Waals surface area contributed by atoms with Crippen LogP contribution in [-0.4, -0.2) is 15.2 Å². The zero-order valence-electron chi connectivity index (χ0n) is 12.0. The van der Waals surface area contributed by atoms with E-state index in [1.54, 1.807) is 30.8 Å². The summed E-state index contributed by atoms with van der Waals surface area (Å²) in [6.45, 7) is 0. The fraction of sp³-hybridized carbons (Fsp3) is 0. The van der Waals surface area contributed by atoms with E-state index in [9.17, 15) is 4.39 Å². The van der Waals surface area contributed by atoms with Gasteiger partial charge in [-0.2, -0.15) is 5.10 Å². The maximum absolute atomic E-state index is 13.1. The summed E-state index contributed by atoms with van der Waals surface area (Å²) in [7, 11) is 0. The van der Waals surface area contributed by atoms with Crippen molar-refractivity contribution in [3.05, 3.63) is 73.0 Å². The lowest BCUT2D eigenvalue weighted by molar-refractivity contribution is 0.582. The lowest BCUT2D eigenvalue weighted by atomic mass is 10.0. The van der Waals surface area contributed by atoms with Crippen molar-refractivity contribution in [1.82, 2.24) is 15.2 Å². The van der Waals surface area contributed by atoms with Gasteiger partial charge in [0.15, 0.2) is 0 Å². The summed E-state index contributed by atoms with van der Waals surface area (Å²) in [4.78, 5) is 4.36. The summed E-state index contributed by atoms with van der Waals surface area (Å²) in [5.74, 6) is 0.479. The Kier molecular flexibility index (Phi) is 3.24. The largest absolute Gasteiger partial charge is 0.464 e. The summed E-state index contributed by atoms with van der Waals surface area (Å²) >= 11 is 0. The summed E-state index contributed by atoms with van der Waals surface area (Å²) in [6, 6.07) is 13.8. The van der Waals surface area contributed by atoms with Gasteiger partial charge in [0.1, 0.15) is 11.6 Å². The highest BCUT2D eigenvalue weighted by molar-refractivity contribution is 5.79. The fourth-order valence-electron chi connectivity index (χ4n) is 2.49. The Hall–Kier alpha value is -3.21. The van der Waals surface area contributed by atoms with E-state index in [2.05, 4.69) is 15.2 Å². The minimum Gasteiger partial charge on any atom is -0.464 e. The summed E-state index contributed by atoms with van der Waals surface area (Å²) in [5.41, 5.74) is 4.29. The summed E-state index contributed by atoms with van der Waals surface area (Å²) < 4.78 is 18.5. The number of furan rings is 1. The van der Waals surface area contributed by atoms with E-state index < -0.39 is 0 Å². The average molecular weight is 305 g/mol. The molecule has 4 nitrogen and oxygen atoms in total. The molecule has 0 spiro atoms. The summed E-state index contributed by atoms with van der Waals surface area (Å²) in [5, 5.41) is 7.11. The number of halogens is 1. The van der Waals surface area contributed by atoms with E-state index in [4.69, 9.17) is 4.42 Å². The van der Waals surface area contributed by atoms with Crippen LogP contribution in [0.4, 0.5) is 4.39 Å². The molecule has 0 bridgehead atoms. The Morgan fingerprint density at radius 3 is 2.65 bits per heavy atom. The molecule has 0 aliphatic rings. The Morgan fingerprint density at radius 1 is 1.00 bits per heavy atom. The zero-order valence-corrected chi connectivity index (χ0v) is 12.0. The van der Waals surface area contributed by atoms with Crippen LogP contribution in [0.5, 0.6) is 0 Å². The summed E-state index contributed by atoms with van der Waals surface area (Å²) in [6.07, 6.45) is 5.08. The van der Waals surface area contributed by atoms with Crippen LogP contribution in [0.15, 0.2) is 71.6 Å². The van der Waals surface area contributed by atoms with Gasteiger partial charge < -0.3 is 4.42 Å². The number of nitrogens with zero attached hydrogens (tertiary/aromatic N) is 2. The Bertz CT molecular complexity index is 927. The van der Waals surface area contributed by atoms with E-state index in [0.29, 0.717) is 0 Å². The van der Waals surface area contributed by atoms with Crippen molar-refractivity contribution in [2.45, 2.75) is 0 Å². The molecule has 23 heavy (non-hydrogen) atoms. The Balaban J connectivity index is 1.78. The van der Waals surface area contributed by atoms with Crippen LogP contribution in [0.25, 0.3) is 33.8 Å². The lowest BCUT2D eigenvalue weighted by Gasteiger charge is -2.05. The number of pyridine rings is 1. The van der Waals surface area contributed by atoms with Crippen molar-refractivity contribution in [2.24, 2.45) is 0 Å².